The van der Waals surface area contributed by atoms with Gasteiger partial charge in [-0.2, -0.15) is 9.61 Å². The fourth-order valence-corrected chi connectivity index (χ4v) is 3.42. The lowest BCUT2D eigenvalue weighted by Gasteiger charge is -2.20. The minimum absolute atomic E-state index is 0.124. The van der Waals surface area contributed by atoms with Crippen LogP contribution < -0.4 is 10.3 Å². The summed E-state index contributed by atoms with van der Waals surface area (Å²) in [6.45, 7) is 8.93. The Balaban J connectivity index is 1.74. The van der Waals surface area contributed by atoms with Gasteiger partial charge in [0.15, 0.2) is 0 Å². The normalized spacial score (nSPS) is 11.4. The molecule has 1 aromatic carbocycles. The van der Waals surface area contributed by atoms with Gasteiger partial charge in [0.1, 0.15) is 10.8 Å². The summed E-state index contributed by atoms with van der Waals surface area (Å²) in [7, 11) is 0. The second-order valence-corrected chi connectivity index (χ2v) is 6.94. The van der Waals surface area contributed by atoms with Crippen molar-refractivity contribution in [3.63, 3.8) is 0 Å². The van der Waals surface area contributed by atoms with Crippen LogP contribution in [-0.4, -0.2) is 32.6 Å². The highest BCUT2D eigenvalue weighted by atomic mass is 32.1. The minimum atomic E-state index is -0.124. The summed E-state index contributed by atoms with van der Waals surface area (Å²) in [5.41, 5.74) is 1.86. The van der Waals surface area contributed by atoms with Crippen LogP contribution in [0, 0.1) is 6.92 Å². The first-order valence-electron chi connectivity index (χ1n) is 8.39. The largest absolute Gasteiger partial charge is 0.494 e. The second-order valence-electron chi connectivity index (χ2n) is 5.78. The molecule has 2 heterocycles. The Labute approximate surface area is 150 Å². The molecule has 0 amide bonds. The van der Waals surface area contributed by atoms with Gasteiger partial charge in [-0.05, 0) is 38.1 Å². The molecule has 0 radical (unpaired) electrons. The molecular weight excluding hydrogens is 336 g/mol. The maximum Gasteiger partial charge on any atom is 0.275 e. The number of aromatic nitrogens is 3. The van der Waals surface area contributed by atoms with Crippen LogP contribution in [0.1, 0.15) is 30.1 Å². The molecule has 3 aromatic rings. The van der Waals surface area contributed by atoms with Crippen LogP contribution in [0.25, 0.3) is 4.96 Å². The third kappa shape index (κ3) is 4.24. The molecule has 2 aromatic heterocycles. The Bertz CT molecular complexity index is 902. The number of nitrogens with zero attached hydrogens (tertiary/aromatic N) is 4. The van der Waals surface area contributed by atoms with E-state index in [1.807, 2.05) is 26.0 Å². The van der Waals surface area contributed by atoms with Crippen molar-refractivity contribution in [3.8, 4) is 5.75 Å². The van der Waals surface area contributed by atoms with Crippen molar-refractivity contribution in [2.24, 2.45) is 0 Å². The Hall–Kier alpha value is -2.25. The molecule has 0 atom stereocenters. The van der Waals surface area contributed by atoms with E-state index in [-0.39, 0.29) is 5.56 Å². The predicted molar refractivity (Wildman–Crippen MR) is 99.3 cm³/mol. The van der Waals surface area contributed by atoms with Crippen LogP contribution in [0.5, 0.6) is 5.75 Å². The third-order valence-electron chi connectivity index (χ3n) is 3.87. The van der Waals surface area contributed by atoms with Gasteiger partial charge in [0.2, 0.25) is 4.96 Å². The zero-order valence-electron chi connectivity index (χ0n) is 14.7. The molecule has 6 nitrogen and oxygen atoms in total. The van der Waals surface area contributed by atoms with Gasteiger partial charge in [-0.25, -0.2) is 4.98 Å². The highest BCUT2D eigenvalue weighted by molar-refractivity contribution is 7.16. The van der Waals surface area contributed by atoms with Gasteiger partial charge in [0.25, 0.3) is 5.56 Å². The molecule has 0 aliphatic heterocycles. The average molecular weight is 358 g/mol. The van der Waals surface area contributed by atoms with Gasteiger partial charge in [0, 0.05) is 19.2 Å². The van der Waals surface area contributed by atoms with Crippen LogP contribution in [0.3, 0.4) is 0 Å². The zero-order valence-corrected chi connectivity index (χ0v) is 15.5. The van der Waals surface area contributed by atoms with Crippen molar-refractivity contribution < 1.29 is 4.74 Å². The average Bonchev–Trinajstić information content (AvgIpc) is 2.97. The molecule has 0 unspecified atom stereocenters. The van der Waals surface area contributed by atoms with Gasteiger partial charge < -0.3 is 4.74 Å². The van der Waals surface area contributed by atoms with Crippen LogP contribution in [-0.2, 0) is 13.1 Å². The Morgan fingerprint density at radius 2 is 1.96 bits per heavy atom. The molecule has 0 spiro atoms. The van der Waals surface area contributed by atoms with Crippen molar-refractivity contribution in [1.82, 2.24) is 19.5 Å². The van der Waals surface area contributed by atoms with Crippen molar-refractivity contribution in [2.75, 3.05) is 13.2 Å². The van der Waals surface area contributed by atoms with E-state index in [1.54, 1.807) is 6.07 Å². The Morgan fingerprint density at radius 1 is 1.20 bits per heavy atom. The van der Waals surface area contributed by atoms with Crippen LogP contribution >= 0.6 is 11.3 Å². The Kier molecular flexibility index (Phi) is 5.45. The molecule has 3 rings (SSSR count). The molecule has 0 saturated heterocycles. The van der Waals surface area contributed by atoms with E-state index in [1.165, 1.54) is 21.4 Å². The Morgan fingerprint density at radius 3 is 2.64 bits per heavy atom. The smallest absolute Gasteiger partial charge is 0.275 e. The van der Waals surface area contributed by atoms with E-state index >= 15 is 0 Å². The first-order valence-corrected chi connectivity index (χ1v) is 9.21. The van der Waals surface area contributed by atoms with E-state index in [2.05, 4.69) is 34.0 Å². The third-order valence-corrected chi connectivity index (χ3v) is 4.70. The molecule has 0 saturated carbocycles. The summed E-state index contributed by atoms with van der Waals surface area (Å²) in [5, 5.41) is 5.02. The summed E-state index contributed by atoms with van der Waals surface area (Å²) in [4.78, 5) is 19.7. The molecule has 25 heavy (non-hydrogen) atoms. The number of hydrogen-bond acceptors (Lipinski definition) is 6. The van der Waals surface area contributed by atoms with Crippen molar-refractivity contribution in [1.29, 1.82) is 0 Å². The van der Waals surface area contributed by atoms with E-state index in [4.69, 9.17) is 4.74 Å². The zero-order chi connectivity index (χ0) is 17.8. The first kappa shape index (κ1) is 17.6. The fraction of sp³-hybridized carbons (Fsp3) is 0.389. The lowest BCUT2D eigenvalue weighted by molar-refractivity contribution is 0.268. The molecule has 0 fully saturated rings. The molecule has 7 heteroatoms. The van der Waals surface area contributed by atoms with Gasteiger partial charge in [-0.1, -0.05) is 30.4 Å². The molecule has 0 aliphatic carbocycles. The second kappa shape index (κ2) is 7.76. The van der Waals surface area contributed by atoms with Crippen LogP contribution in [0.2, 0.25) is 0 Å². The van der Waals surface area contributed by atoms with E-state index < -0.39 is 0 Å². The lowest BCUT2D eigenvalue weighted by atomic mass is 10.2. The number of ether oxygens (including phenoxy) is 1. The number of rotatable bonds is 7. The maximum atomic E-state index is 12.2. The fourth-order valence-electron chi connectivity index (χ4n) is 2.66. The van der Waals surface area contributed by atoms with Gasteiger partial charge in [-0.15, -0.1) is 0 Å². The highest BCUT2D eigenvalue weighted by Gasteiger charge is 2.11. The lowest BCUT2D eigenvalue weighted by Crippen LogP contribution is -2.25. The number of hydrogen-bond donors (Lipinski definition) is 0. The van der Waals surface area contributed by atoms with Crippen molar-refractivity contribution in [3.05, 3.63) is 57.0 Å². The number of aryl methyl sites for hydroxylation is 1. The highest BCUT2D eigenvalue weighted by Crippen LogP contribution is 2.15. The quantitative estimate of drug-likeness (QED) is 0.650. The van der Waals surface area contributed by atoms with Gasteiger partial charge >= 0.3 is 0 Å². The summed E-state index contributed by atoms with van der Waals surface area (Å²) in [5.74, 6) is 0.884. The maximum absolute atomic E-state index is 12.2. The topological polar surface area (TPSA) is 59.7 Å². The standard InChI is InChI=1S/C18H22N4O2S/c1-4-21(11-14-6-8-16(9-7-14)24-5-2)12-15-10-17(23)22-18(19-15)25-13(3)20-22/h6-10H,4-5,11-12H2,1-3H3. The van der Waals surface area contributed by atoms with Crippen LogP contribution in [0.15, 0.2) is 35.1 Å². The van der Waals surface area contributed by atoms with E-state index in [0.717, 1.165) is 29.5 Å². The monoisotopic (exact) mass is 358 g/mol. The molecule has 132 valence electrons. The summed E-state index contributed by atoms with van der Waals surface area (Å²) in [6, 6.07) is 9.71. The van der Waals surface area contributed by atoms with Crippen molar-refractivity contribution in [2.45, 2.75) is 33.9 Å². The molecule has 0 N–H and O–H groups in total. The van der Waals surface area contributed by atoms with Gasteiger partial charge in [0.05, 0.1) is 12.3 Å². The first-order chi connectivity index (χ1) is 12.1. The summed E-state index contributed by atoms with van der Waals surface area (Å²) in [6.07, 6.45) is 0. The summed E-state index contributed by atoms with van der Waals surface area (Å²) >= 11 is 1.43. The number of fused-ring (bicyclic) bond motifs is 1. The minimum Gasteiger partial charge on any atom is -0.494 e. The SMILES string of the molecule is CCOc1ccc(CN(CC)Cc2cc(=O)n3nc(C)sc3n2)cc1. The van der Waals surface area contributed by atoms with E-state index in [0.29, 0.717) is 18.1 Å². The molecule has 0 bridgehead atoms. The number of benzene rings is 1. The van der Waals surface area contributed by atoms with Gasteiger partial charge in [-0.3, -0.25) is 9.69 Å². The molecular formula is C18H22N4O2S. The molecule has 0 aliphatic rings. The predicted octanol–water partition coefficient (Wildman–Crippen LogP) is 2.88. The van der Waals surface area contributed by atoms with E-state index in [9.17, 15) is 4.79 Å². The van der Waals surface area contributed by atoms with Crippen molar-refractivity contribution >= 4 is 16.3 Å². The van der Waals surface area contributed by atoms with Crippen LogP contribution in [0.4, 0.5) is 0 Å². The summed E-state index contributed by atoms with van der Waals surface area (Å²) < 4.78 is 6.85.